The average Bonchev–Trinajstić information content (AvgIpc) is 2.15. The molecule has 3 unspecified atom stereocenters. The Morgan fingerprint density at radius 1 is 1.33 bits per heavy atom. The number of hydrogen-bond donors (Lipinski definition) is 1. The zero-order chi connectivity index (χ0) is 11.3. The molecule has 1 aliphatic rings. The zero-order valence-corrected chi connectivity index (χ0v) is 11.2. The van der Waals surface area contributed by atoms with Gasteiger partial charge in [0.15, 0.2) is 0 Å². The normalized spacial score (nSPS) is 30.4. The van der Waals surface area contributed by atoms with Crippen LogP contribution in [0.25, 0.3) is 0 Å². The van der Waals surface area contributed by atoms with E-state index in [1.165, 1.54) is 19.4 Å². The van der Waals surface area contributed by atoms with E-state index in [1.807, 2.05) is 0 Å². The van der Waals surface area contributed by atoms with E-state index in [2.05, 4.69) is 38.3 Å². The summed E-state index contributed by atoms with van der Waals surface area (Å²) in [6.07, 6.45) is 3.33. The number of thiol groups is 1. The standard InChI is InChI=1S/C12H25NOS/c1-4-5-12(9-15)8-13-6-10(2)14-11(3)7-13/h10-12,15H,4-9H2,1-3H3. The molecule has 2 nitrogen and oxygen atoms in total. The molecule has 90 valence electrons. The average molecular weight is 231 g/mol. The van der Waals surface area contributed by atoms with Gasteiger partial charge in [-0.25, -0.2) is 0 Å². The predicted molar refractivity (Wildman–Crippen MR) is 68.7 cm³/mol. The summed E-state index contributed by atoms with van der Waals surface area (Å²) >= 11 is 4.44. The van der Waals surface area contributed by atoms with Crippen molar-refractivity contribution in [3.8, 4) is 0 Å². The summed E-state index contributed by atoms with van der Waals surface area (Å²) in [5.41, 5.74) is 0. The van der Waals surface area contributed by atoms with E-state index < -0.39 is 0 Å². The van der Waals surface area contributed by atoms with Crippen LogP contribution in [0.2, 0.25) is 0 Å². The van der Waals surface area contributed by atoms with E-state index in [4.69, 9.17) is 4.74 Å². The third kappa shape index (κ3) is 4.75. The van der Waals surface area contributed by atoms with Crippen LogP contribution in [0.4, 0.5) is 0 Å². The number of nitrogens with zero attached hydrogens (tertiary/aromatic N) is 1. The SMILES string of the molecule is CCCC(CS)CN1CC(C)OC(C)C1. The number of hydrogen-bond acceptors (Lipinski definition) is 3. The maximum absolute atomic E-state index is 5.73. The maximum Gasteiger partial charge on any atom is 0.0678 e. The van der Waals surface area contributed by atoms with E-state index in [9.17, 15) is 0 Å². The number of rotatable bonds is 5. The van der Waals surface area contributed by atoms with Crippen LogP contribution in [0, 0.1) is 5.92 Å². The number of ether oxygens (including phenoxy) is 1. The first-order chi connectivity index (χ1) is 7.15. The second-order valence-electron chi connectivity index (χ2n) is 4.81. The summed E-state index contributed by atoms with van der Waals surface area (Å²) in [5, 5.41) is 0. The van der Waals surface area contributed by atoms with Gasteiger partial charge in [0.05, 0.1) is 12.2 Å². The van der Waals surface area contributed by atoms with Crippen LogP contribution in [-0.2, 0) is 4.74 Å². The lowest BCUT2D eigenvalue weighted by molar-refractivity contribution is -0.0709. The van der Waals surface area contributed by atoms with Crippen molar-refractivity contribution in [3.05, 3.63) is 0 Å². The highest BCUT2D eigenvalue weighted by molar-refractivity contribution is 7.80. The van der Waals surface area contributed by atoms with Gasteiger partial charge in [0, 0.05) is 19.6 Å². The molecule has 0 bridgehead atoms. The molecule has 15 heavy (non-hydrogen) atoms. The van der Waals surface area contributed by atoms with Gasteiger partial charge in [0.1, 0.15) is 0 Å². The molecule has 0 amide bonds. The molecule has 0 aromatic carbocycles. The molecule has 3 heteroatoms. The van der Waals surface area contributed by atoms with Crippen molar-refractivity contribution >= 4 is 12.6 Å². The minimum absolute atomic E-state index is 0.385. The molecule has 1 aliphatic heterocycles. The van der Waals surface area contributed by atoms with Crippen LogP contribution in [0.3, 0.4) is 0 Å². The third-order valence-corrected chi connectivity index (χ3v) is 3.48. The summed E-state index contributed by atoms with van der Waals surface area (Å²) in [4.78, 5) is 2.54. The van der Waals surface area contributed by atoms with Gasteiger partial charge in [-0.2, -0.15) is 12.6 Å². The Balaban J connectivity index is 2.35. The van der Waals surface area contributed by atoms with Crippen molar-refractivity contribution in [3.63, 3.8) is 0 Å². The fraction of sp³-hybridized carbons (Fsp3) is 1.00. The molecule has 1 rings (SSSR count). The summed E-state index contributed by atoms with van der Waals surface area (Å²) in [6, 6.07) is 0. The predicted octanol–water partition coefficient (Wildman–Crippen LogP) is 2.44. The van der Waals surface area contributed by atoms with Gasteiger partial charge >= 0.3 is 0 Å². The van der Waals surface area contributed by atoms with E-state index in [0.717, 1.165) is 24.8 Å². The largest absolute Gasteiger partial charge is 0.373 e. The lowest BCUT2D eigenvalue weighted by Gasteiger charge is -2.37. The van der Waals surface area contributed by atoms with E-state index >= 15 is 0 Å². The Labute approximate surface area is 99.8 Å². The van der Waals surface area contributed by atoms with E-state index in [0.29, 0.717) is 12.2 Å². The summed E-state index contributed by atoms with van der Waals surface area (Å²) < 4.78 is 5.73. The first kappa shape index (κ1) is 13.3. The smallest absolute Gasteiger partial charge is 0.0678 e. The van der Waals surface area contributed by atoms with Gasteiger partial charge in [-0.1, -0.05) is 13.3 Å². The lowest BCUT2D eigenvalue weighted by atomic mass is 10.0. The van der Waals surface area contributed by atoms with Crippen molar-refractivity contribution in [1.82, 2.24) is 4.90 Å². The van der Waals surface area contributed by atoms with Crippen LogP contribution in [0.5, 0.6) is 0 Å². The van der Waals surface area contributed by atoms with E-state index in [1.54, 1.807) is 0 Å². The summed E-state index contributed by atoms with van der Waals surface area (Å²) in [7, 11) is 0. The van der Waals surface area contributed by atoms with Crippen LogP contribution in [0.1, 0.15) is 33.6 Å². The van der Waals surface area contributed by atoms with Gasteiger partial charge in [0.25, 0.3) is 0 Å². The van der Waals surface area contributed by atoms with Gasteiger partial charge in [-0.15, -0.1) is 0 Å². The van der Waals surface area contributed by atoms with Gasteiger partial charge in [0.2, 0.25) is 0 Å². The molecule has 3 atom stereocenters. The minimum atomic E-state index is 0.385. The highest BCUT2D eigenvalue weighted by Gasteiger charge is 2.23. The molecule has 0 N–H and O–H groups in total. The molecule has 0 aromatic heterocycles. The van der Waals surface area contributed by atoms with Crippen molar-refractivity contribution in [2.75, 3.05) is 25.4 Å². The summed E-state index contributed by atoms with van der Waals surface area (Å²) in [6.45, 7) is 9.93. The molecular formula is C12H25NOS. The first-order valence-corrected chi connectivity index (χ1v) is 6.77. The Kier molecular flexibility index (Phi) is 6.02. The first-order valence-electron chi connectivity index (χ1n) is 6.14. The Hall–Kier alpha value is 0.270. The van der Waals surface area contributed by atoms with Crippen LogP contribution < -0.4 is 0 Å². The zero-order valence-electron chi connectivity index (χ0n) is 10.3. The molecule has 1 heterocycles. The van der Waals surface area contributed by atoms with Crippen LogP contribution in [-0.4, -0.2) is 42.5 Å². The highest BCUT2D eigenvalue weighted by atomic mass is 32.1. The molecule has 0 aliphatic carbocycles. The minimum Gasteiger partial charge on any atom is -0.373 e. The third-order valence-electron chi connectivity index (χ3n) is 2.97. The van der Waals surface area contributed by atoms with Crippen molar-refractivity contribution in [1.29, 1.82) is 0 Å². The molecule has 0 radical (unpaired) electrons. The van der Waals surface area contributed by atoms with Gasteiger partial charge < -0.3 is 4.74 Å². The monoisotopic (exact) mass is 231 g/mol. The van der Waals surface area contributed by atoms with Gasteiger partial charge in [-0.05, 0) is 31.9 Å². The fourth-order valence-electron chi connectivity index (χ4n) is 2.45. The topological polar surface area (TPSA) is 12.5 Å². The molecule has 0 aromatic rings. The Morgan fingerprint density at radius 2 is 1.93 bits per heavy atom. The Bertz CT molecular complexity index is 167. The van der Waals surface area contributed by atoms with Crippen LogP contribution in [0.15, 0.2) is 0 Å². The van der Waals surface area contributed by atoms with Gasteiger partial charge in [-0.3, -0.25) is 4.90 Å². The lowest BCUT2D eigenvalue weighted by Crippen LogP contribution is -2.47. The second-order valence-corrected chi connectivity index (χ2v) is 5.18. The molecule has 1 fully saturated rings. The fourth-order valence-corrected chi connectivity index (χ4v) is 2.75. The number of morpholine rings is 1. The van der Waals surface area contributed by atoms with Crippen molar-refractivity contribution < 1.29 is 4.74 Å². The molecule has 1 saturated heterocycles. The highest BCUT2D eigenvalue weighted by Crippen LogP contribution is 2.15. The quantitative estimate of drug-likeness (QED) is 0.730. The maximum atomic E-state index is 5.73. The van der Waals surface area contributed by atoms with Crippen LogP contribution >= 0.6 is 12.6 Å². The molecule has 0 saturated carbocycles. The Morgan fingerprint density at radius 3 is 2.40 bits per heavy atom. The molecular weight excluding hydrogens is 206 g/mol. The summed E-state index contributed by atoms with van der Waals surface area (Å²) in [5.74, 6) is 1.75. The van der Waals surface area contributed by atoms with Crippen molar-refractivity contribution in [2.45, 2.75) is 45.8 Å². The second kappa shape index (κ2) is 6.77. The van der Waals surface area contributed by atoms with Crippen molar-refractivity contribution in [2.24, 2.45) is 5.92 Å². The molecule has 0 spiro atoms. The van der Waals surface area contributed by atoms with E-state index in [-0.39, 0.29) is 0 Å².